The van der Waals surface area contributed by atoms with Crippen LogP contribution in [-0.2, 0) is 10.0 Å². The third-order valence-electron chi connectivity index (χ3n) is 3.95. The largest absolute Gasteiger partial charge is 0.409 e. The fourth-order valence-corrected chi connectivity index (χ4v) is 3.85. The number of sulfonamides is 1. The summed E-state index contributed by atoms with van der Waals surface area (Å²) in [6.07, 6.45) is 0.561. The van der Waals surface area contributed by atoms with Crippen molar-refractivity contribution in [1.82, 2.24) is 18.7 Å². The molecule has 0 saturated carbocycles. The van der Waals surface area contributed by atoms with Crippen LogP contribution in [0.4, 0.5) is 13.2 Å². The molecule has 0 spiro atoms. The molecule has 1 unspecified atom stereocenters. The van der Waals surface area contributed by atoms with Crippen molar-refractivity contribution in [3.05, 3.63) is 60.2 Å². The standard InChI is InChI=1S/C16H15F3N4O2S/c1-11-3-5-12(6-4-11)15(16(17,18)19)22(2)26(24,25)14-10-23-8-7-20-9-13(23)21-14/h3-10,15H,1-2H3. The number of imidazole rings is 1. The van der Waals surface area contributed by atoms with Crippen LogP contribution in [0.3, 0.4) is 0 Å². The smallest absolute Gasteiger partial charge is 0.303 e. The van der Waals surface area contributed by atoms with E-state index in [4.69, 9.17) is 0 Å². The summed E-state index contributed by atoms with van der Waals surface area (Å²) in [5.41, 5.74) is 0.825. The van der Waals surface area contributed by atoms with Gasteiger partial charge in [0.1, 0.15) is 6.04 Å². The molecule has 0 aliphatic heterocycles. The van der Waals surface area contributed by atoms with E-state index in [1.165, 1.54) is 47.3 Å². The Morgan fingerprint density at radius 2 is 1.85 bits per heavy atom. The quantitative estimate of drug-likeness (QED) is 0.694. The van der Waals surface area contributed by atoms with Crippen LogP contribution in [-0.4, -0.2) is 40.3 Å². The lowest BCUT2D eigenvalue weighted by molar-refractivity contribution is -0.171. The average Bonchev–Trinajstić information content (AvgIpc) is 3.00. The molecule has 6 nitrogen and oxygen atoms in total. The number of aryl methyl sites for hydroxylation is 1. The number of benzene rings is 1. The molecule has 0 fully saturated rings. The molecule has 2 aromatic heterocycles. The molecule has 26 heavy (non-hydrogen) atoms. The molecule has 138 valence electrons. The minimum Gasteiger partial charge on any atom is -0.303 e. The number of halogens is 3. The fraction of sp³-hybridized carbons (Fsp3) is 0.250. The Morgan fingerprint density at radius 3 is 2.42 bits per heavy atom. The summed E-state index contributed by atoms with van der Waals surface area (Å²) in [5, 5.41) is -0.477. The average molecular weight is 384 g/mol. The van der Waals surface area contributed by atoms with Gasteiger partial charge in [0, 0.05) is 25.6 Å². The maximum atomic E-state index is 13.7. The number of nitrogens with zero attached hydrogens (tertiary/aromatic N) is 4. The van der Waals surface area contributed by atoms with Crippen molar-refractivity contribution in [3.63, 3.8) is 0 Å². The first-order valence-electron chi connectivity index (χ1n) is 7.51. The molecule has 3 rings (SSSR count). The third kappa shape index (κ3) is 3.29. The Balaban J connectivity index is 2.07. The first-order chi connectivity index (χ1) is 12.1. The van der Waals surface area contributed by atoms with E-state index in [1.807, 2.05) is 0 Å². The molecular weight excluding hydrogens is 369 g/mol. The van der Waals surface area contributed by atoms with Crippen LogP contribution in [0.1, 0.15) is 17.2 Å². The van der Waals surface area contributed by atoms with Crippen molar-refractivity contribution in [1.29, 1.82) is 0 Å². The summed E-state index contributed by atoms with van der Waals surface area (Å²) in [7, 11) is -3.59. The van der Waals surface area contributed by atoms with Gasteiger partial charge >= 0.3 is 6.18 Å². The second-order valence-corrected chi connectivity index (χ2v) is 7.74. The van der Waals surface area contributed by atoms with Crippen molar-refractivity contribution >= 4 is 15.7 Å². The Hall–Kier alpha value is -2.46. The normalized spacial score (nSPS) is 14.1. The van der Waals surface area contributed by atoms with E-state index >= 15 is 0 Å². The molecular formula is C16H15F3N4O2S. The molecule has 2 heterocycles. The van der Waals surface area contributed by atoms with Gasteiger partial charge in [0.05, 0.1) is 6.20 Å². The first kappa shape index (κ1) is 18.3. The second kappa shape index (κ2) is 6.36. The second-order valence-electron chi connectivity index (χ2n) is 5.80. The van der Waals surface area contributed by atoms with Gasteiger partial charge in [-0.2, -0.15) is 17.5 Å². The van der Waals surface area contributed by atoms with Gasteiger partial charge in [-0.3, -0.25) is 4.98 Å². The molecule has 0 saturated heterocycles. The molecule has 1 atom stereocenters. The van der Waals surface area contributed by atoms with Gasteiger partial charge in [-0.15, -0.1) is 0 Å². The SMILES string of the molecule is Cc1ccc(C(N(C)S(=O)(=O)c2cn3ccncc3n2)C(F)(F)F)cc1. The zero-order chi connectivity index (χ0) is 19.1. The van der Waals surface area contributed by atoms with Gasteiger partial charge in [0.2, 0.25) is 0 Å². The predicted molar refractivity (Wildman–Crippen MR) is 87.9 cm³/mol. The summed E-state index contributed by atoms with van der Waals surface area (Å²) in [4.78, 5) is 7.69. The minimum atomic E-state index is -4.79. The number of aromatic nitrogens is 3. The summed E-state index contributed by atoms with van der Waals surface area (Å²) in [6.45, 7) is 1.73. The van der Waals surface area contributed by atoms with Crippen LogP contribution in [0.5, 0.6) is 0 Å². The van der Waals surface area contributed by atoms with Crippen LogP contribution in [0.15, 0.2) is 54.1 Å². The van der Waals surface area contributed by atoms with Crippen LogP contribution in [0.25, 0.3) is 5.65 Å². The van der Waals surface area contributed by atoms with E-state index in [0.29, 0.717) is 4.31 Å². The lowest BCUT2D eigenvalue weighted by Gasteiger charge is -2.29. The topological polar surface area (TPSA) is 67.6 Å². The summed E-state index contributed by atoms with van der Waals surface area (Å²) < 4.78 is 68.2. The van der Waals surface area contributed by atoms with Gasteiger partial charge < -0.3 is 4.40 Å². The lowest BCUT2D eigenvalue weighted by Crippen LogP contribution is -2.39. The van der Waals surface area contributed by atoms with Crippen molar-refractivity contribution in [2.45, 2.75) is 24.2 Å². The van der Waals surface area contributed by atoms with E-state index in [9.17, 15) is 21.6 Å². The molecule has 0 aliphatic carbocycles. The van der Waals surface area contributed by atoms with Gasteiger partial charge in [-0.05, 0) is 12.5 Å². The molecule has 0 amide bonds. The highest BCUT2D eigenvalue weighted by Gasteiger charge is 2.48. The van der Waals surface area contributed by atoms with Gasteiger partial charge in [0.25, 0.3) is 10.0 Å². The van der Waals surface area contributed by atoms with E-state index in [2.05, 4.69) is 9.97 Å². The Morgan fingerprint density at radius 1 is 1.19 bits per heavy atom. The van der Waals surface area contributed by atoms with Crippen LogP contribution in [0, 0.1) is 6.92 Å². The molecule has 0 aliphatic rings. The molecule has 3 aromatic rings. The van der Waals surface area contributed by atoms with Crippen LogP contribution < -0.4 is 0 Å². The Kier molecular flexibility index (Phi) is 4.49. The minimum absolute atomic E-state index is 0.167. The number of rotatable bonds is 4. The van der Waals surface area contributed by atoms with E-state index < -0.39 is 27.3 Å². The van der Waals surface area contributed by atoms with Crippen molar-refractivity contribution in [2.24, 2.45) is 0 Å². The van der Waals surface area contributed by atoms with Crippen molar-refractivity contribution in [2.75, 3.05) is 7.05 Å². The monoisotopic (exact) mass is 384 g/mol. The number of hydrogen-bond donors (Lipinski definition) is 0. The van der Waals surface area contributed by atoms with Crippen LogP contribution in [0.2, 0.25) is 0 Å². The summed E-state index contributed by atoms with van der Waals surface area (Å²) in [6, 6.07) is 3.23. The lowest BCUT2D eigenvalue weighted by atomic mass is 10.1. The molecule has 0 N–H and O–H groups in total. The van der Waals surface area contributed by atoms with E-state index in [-0.39, 0.29) is 11.2 Å². The summed E-state index contributed by atoms with van der Waals surface area (Å²) >= 11 is 0. The maximum Gasteiger partial charge on any atom is 0.409 e. The number of fused-ring (bicyclic) bond motifs is 1. The van der Waals surface area contributed by atoms with Crippen molar-refractivity contribution in [3.8, 4) is 0 Å². The van der Waals surface area contributed by atoms with Gasteiger partial charge in [0.15, 0.2) is 10.7 Å². The molecule has 10 heteroatoms. The molecule has 0 bridgehead atoms. The predicted octanol–water partition coefficient (Wildman–Crippen LogP) is 2.96. The number of alkyl halides is 3. The van der Waals surface area contributed by atoms with Crippen LogP contribution >= 0.6 is 0 Å². The highest BCUT2D eigenvalue weighted by molar-refractivity contribution is 7.89. The first-order valence-corrected chi connectivity index (χ1v) is 8.95. The molecule has 1 aromatic carbocycles. The zero-order valence-corrected chi connectivity index (χ0v) is 14.7. The Bertz CT molecular complexity index is 997. The van der Waals surface area contributed by atoms with Crippen molar-refractivity contribution < 1.29 is 21.6 Å². The van der Waals surface area contributed by atoms with Gasteiger partial charge in [-0.1, -0.05) is 29.8 Å². The summed E-state index contributed by atoms with van der Waals surface area (Å²) in [5.74, 6) is 0. The Labute approximate surface area is 148 Å². The number of hydrogen-bond acceptors (Lipinski definition) is 4. The molecule has 0 radical (unpaired) electrons. The highest BCUT2D eigenvalue weighted by Crippen LogP contribution is 2.39. The van der Waals surface area contributed by atoms with Gasteiger partial charge in [-0.25, -0.2) is 13.4 Å². The van der Waals surface area contributed by atoms with E-state index in [1.54, 1.807) is 6.92 Å². The zero-order valence-electron chi connectivity index (χ0n) is 13.8. The van der Waals surface area contributed by atoms with E-state index in [0.717, 1.165) is 18.8 Å². The highest BCUT2D eigenvalue weighted by atomic mass is 32.2. The fourth-order valence-electron chi connectivity index (χ4n) is 2.58. The maximum absolute atomic E-state index is 13.7. The third-order valence-corrected chi connectivity index (χ3v) is 5.65.